The van der Waals surface area contributed by atoms with E-state index in [-0.39, 0.29) is 5.91 Å². The molecular formula is C25H28N4O2. The average Bonchev–Trinajstić information content (AvgIpc) is 3.20. The highest BCUT2D eigenvalue weighted by Gasteiger charge is 2.16. The number of H-pyrrole nitrogens is 1. The van der Waals surface area contributed by atoms with Crippen LogP contribution < -0.4 is 11.1 Å². The number of carbonyl (C=O) groups excluding carboxylic acids is 2. The van der Waals surface area contributed by atoms with E-state index in [1.54, 1.807) is 18.2 Å². The van der Waals surface area contributed by atoms with Crippen molar-refractivity contribution in [3.63, 3.8) is 0 Å². The van der Waals surface area contributed by atoms with E-state index >= 15 is 0 Å². The molecule has 0 radical (unpaired) electrons. The smallest absolute Gasteiger partial charge is 0.249 e. The van der Waals surface area contributed by atoms with Crippen LogP contribution in [-0.2, 0) is 11.2 Å². The Kier molecular flexibility index (Phi) is 6.48. The molecule has 1 saturated heterocycles. The predicted octanol–water partition coefficient (Wildman–Crippen LogP) is 3.95. The van der Waals surface area contributed by atoms with Gasteiger partial charge in [0.25, 0.3) is 0 Å². The number of nitrogens with two attached hydrogens (primary N) is 1. The number of hydrogen-bond acceptors (Lipinski definition) is 3. The Morgan fingerprint density at radius 2 is 1.87 bits per heavy atom. The van der Waals surface area contributed by atoms with Crippen LogP contribution in [0.25, 0.3) is 17.0 Å². The number of nitrogens with zero attached hydrogens (tertiary/aromatic N) is 1. The van der Waals surface area contributed by atoms with Crippen LogP contribution >= 0.6 is 0 Å². The van der Waals surface area contributed by atoms with Crippen LogP contribution in [0.5, 0.6) is 0 Å². The molecule has 0 bridgehead atoms. The topological polar surface area (TPSA) is 91.2 Å². The van der Waals surface area contributed by atoms with E-state index in [2.05, 4.69) is 15.2 Å². The number of benzene rings is 2. The zero-order chi connectivity index (χ0) is 21.6. The summed E-state index contributed by atoms with van der Waals surface area (Å²) in [6, 6.07) is 13.3. The normalized spacial score (nSPS) is 14.8. The fourth-order valence-corrected chi connectivity index (χ4v) is 4.23. The van der Waals surface area contributed by atoms with E-state index in [0.29, 0.717) is 17.7 Å². The van der Waals surface area contributed by atoms with E-state index in [1.165, 1.54) is 25.3 Å². The van der Waals surface area contributed by atoms with Gasteiger partial charge in [-0.25, -0.2) is 0 Å². The highest BCUT2D eigenvalue weighted by molar-refractivity contribution is 6.05. The number of aromatic amines is 1. The van der Waals surface area contributed by atoms with Crippen molar-refractivity contribution >= 4 is 34.5 Å². The minimum absolute atomic E-state index is 0.244. The van der Waals surface area contributed by atoms with Gasteiger partial charge in [-0.1, -0.05) is 30.7 Å². The molecule has 1 aliphatic rings. The van der Waals surface area contributed by atoms with E-state index in [0.717, 1.165) is 41.7 Å². The van der Waals surface area contributed by atoms with Crippen LogP contribution in [0, 0.1) is 0 Å². The molecule has 3 aromatic rings. The Bertz CT molecular complexity index is 1110. The van der Waals surface area contributed by atoms with Crippen molar-refractivity contribution in [2.45, 2.75) is 25.7 Å². The number of anilines is 1. The molecule has 0 aliphatic carbocycles. The van der Waals surface area contributed by atoms with E-state index in [1.807, 2.05) is 36.5 Å². The van der Waals surface area contributed by atoms with Gasteiger partial charge in [0.15, 0.2) is 0 Å². The van der Waals surface area contributed by atoms with Gasteiger partial charge in [-0.2, -0.15) is 0 Å². The third kappa shape index (κ3) is 5.03. The third-order valence-corrected chi connectivity index (χ3v) is 5.86. The standard InChI is InChI=1S/C25H28N4O2/c26-25(31)21-8-6-10-23(20(21)13-16-29-14-4-1-5-15-29)28-24(30)12-11-18-17-27-22-9-3-2-7-19(18)22/h2-3,6-12,17,27H,1,4-5,13-16H2,(H2,26,31)(H,28,30)/b12-11+. The number of hydrogen-bond donors (Lipinski definition) is 3. The predicted molar refractivity (Wildman–Crippen MR) is 125 cm³/mol. The summed E-state index contributed by atoms with van der Waals surface area (Å²) in [6.45, 7) is 3.00. The second-order valence-electron chi connectivity index (χ2n) is 7.96. The van der Waals surface area contributed by atoms with Gasteiger partial charge in [0, 0.05) is 41.0 Å². The lowest BCUT2D eigenvalue weighted by Gasteiger charge is -2.27. The van der Waals surface area contributed by atoms with Crippen LogP contribution in [0.3, 0.4) is 0 Å². The Hall–Kier alpha value is -3.38. The molecule has 0 unspecified atom stereocenters. The van der Waals surface area contributed by atoms with Crippen molar-refractivity contribution in [3.05, 3.63) is 71.4 Å². The van der Waals surface area contributed by atoms with Crippen LogP contribution in [0.4, 0.5) is 5.69 Å². The molecule has 1 fully saturated rings. The molecule has 4 N–H and O–H groups in total. The number of nitrogens with one attached hydrogen (secondary N) is 2. The second-order valence-corrected chi connectivity index (χ2v) is 7.96. The first kappa shape index (κ1) is 20.9. The van der Waals surface area contributed by atoms with Crippen LogP contribution in [0.15, 0.2) is 54.7 Å². The first-order valence-corrected chi connectivity index (χ1v) is 10.8. The van der Waals surface area contributed by atoms with Gasteiger partial charge in [0.2, 0.25) is 11.8 Å². The molecule has 4 rings (SSSR count). The monoisotopic (exact) mass is 416 g/mol. The van der Waals surface area contributed by atoms with Gasteiger partial charge in [-0.15, -0.1) is 0 Å². The summed E-state index contributed by atoms with van der Waals surface area (Å²) in [5.74, 6) is -0.717. The first-order chi connectivity index (χ1) is 15.1. The molecular weight excluding hydrogens is 388 g/mol. The Labute approximate surface area is 182 Å². The molecule has 0 spiro atoms. The molecule has 2 heterocycles. The lowest BCUT2D eigenvalue weighted by atomic mass is 10.0. The highest BCUT2D eigenvalue weighted by Crippen LogP contribution is 2.23. The van der Waals surface area contributed by atoms with Crippen molar-refractivity contribution in [2.75, 3.05) is 25.0 Å². The molecule has 6 nitrogen and oxygen atoms in total. The number of amides is 2. The Morgan fingerprint density at radius 3 is 2.68 bits per heavy atom. The minimum atomic E-state index is -0.473. The zero-order valence-electron chi connectivity index (χ0n) is 17.6. The van der Waals surface area contributed by atoms with Crippen molar-refractivity contribution < 1.29 is 9.59 Å². The fourth-order valence-electron chi connectivity index (χ4n) is 4.23. The van der Waals surface area contributed by atoms with Crippen molar-refractivity contribution in [2.24, 2.45) is 5.73 Å². The zero-order valence-corrected chi connectivity index (χ0v) is 17.6. The molecule has 2 amide bonds. The lowest BCUT2D eigenvalue weighted by Crippen LogP contribution is -2.32. The summed E-state index contributed by atoms with van der Waals surface area (Å²) in [4.78, 5) is 30.2. The number of piperidine rings is 1. The highest BCUT2D eigenvalue weighted by atomic mass is 16.1. The van der Waals surface area contributed by atoms with Gasteiger partial charge >= 0.3 is 0 Å². The molecule has 31 heavy (non-hydrogen) atoms. The average molecular weight is 417 g/mol. The lowest BCUT2D eigenvalue weighted by molar-refractivity contribution is -0.111. The number of aromatic nitrogens is 1. The molecule has 160 valence electrons. The second kappa shape index (κ2) is 9.62. The maximum absolute atomic E-state index is 12.6. The van der Waals surface area contributed by atoms with Gasteiger partial charge in [-0.3, -0.25) is 9.59 Å². The quantitative estimate of drug-likeness (QED) is 0.509. The molecule has 0 atom stereocenters. The summed E-state index contributed by atoms with van der Waals surface area (Å²) in [6.07, 6.45) is 9.55. The maximum atomic E-state index is 12.6. The molecule has 1 aromatic heterocycles. The van der Waals surface area contributed by atoms with Crippen LogP contribution in [-0.4, -0.2) is 41.3 Å². The summed E-state index contributed by atoms with van der Waals surface area (Å²) >= 11 is 0. The molecule has 1 aliphatic heterocycles. The third-order valence-electron chi connectivity index (χ3n) is 5.86. The SMILES string of the molecule is NC(=O)c1cccc(NC(=O)/C=C/c2c[nH]c3ccccc23)c1CCN1CCCCC1. The van der Waals surface area contributed by atoms with Gasteiger partial charge in [-0.05, 0) is 67.8 Å². The molecule has 6 heteroatoms. The summed E-state index contributed by atoms with van der Waals surface area (Å²) < 4.78 is 0. The van der Waals surface area contributed by atoms with Crippen molar-refractivity contribution in [1.82, 2.24) is 9.88 Å². The summed E-state index contributed by atoms with van der Waals surface area (Å²) in [5.41, 5.74) is 9.50. The maximum Gasteiger partial charge on any atom is 0.249 e. The van der Waals surface area contributed by atoms with E-state index < -0.39 is 5.91 Å². The fraction of sp³-hybridized carbons (Fsp3) is 0.280. The molecule has 0 saturated carbocycles. The summed E-state index contributed by atoms with van der Waals surface area (Å²) in [5, 5.41) is 4.00. The number of para-hydroxylation sites is 1. The minimum Gasteiger partial charge on any atom is -0.366 e. The first-order valence-electron chi connectivity index (χ1n) is 10.8. The van der Waals surface area contributed by atoms with Crippen LogP contribution in [0.1, 0.15) is 40.7 Å². The number of likely N-dealkylation sites (tertiary alicyclic amines) is 1. The van der Waals surface area contributed by atoms with Crippen LogP contribution in [0.2, 0.25) is 0 Å². The molecule has 2 aromatic carbocycles. The largest absolute Gasteiger partial charge is 0.366 e. The summed E-state index contributed by atoms with van der Waals surface area (Å²) in [7, 11) is 0. The number of primary amides is 1. The van der Waals surface area contributed by atoms with Gasteiger partial charge in [0.1, 0.15) is 0 Å². The Morgan fingerprint density at radius 1 is 1.06 bits per heavy atom. The number of rotatable bonds is 7. The van der Waals surface area contributed by atoms with Gasteiger partial charge < -0.3 is 20.9 Å². The van der Waals surface area contributed by atoms with Gasteiger partial charge in [0.05, 0.1) is 0 Å². The number of carbonyl (C=O) groups is 2. The van der Waals surface area contributed by atoms with Crippen molar-refractivity contribution in [3.8, 4) is 0 Å². The number of fused-ring (bicyclic) bond motifs is 1. The van der Waals surface area contributed by atoms with E-state index in [4.69, 9.17) is 5.73 Å². The van der Waals surface area contributed by atoms with E-state index in [9.17, 15) is 9.59 Å². The Balaban J connectivity index is 1.50. The van der Waals surface area contributed by atoms with Crippen molar-refractivity contribution in [1.29, 1.82) is 0 Å².